The molecule has 0 heterocycles. The SMILES string of the molecule is CCCCCCC/C=C\C/C=C\CCCCCCCCCCCCCCCCCCCCCCCCCCCCCCCC(=O)OC(COC(=O)CCCCCCCCCCCCCCCCCCCCCCCCCCCCCCCC)COP(=O)(O)OCC[N+](C)(C)C. The Labute approximate surface area is 593 Å². The van der Waals surface area contributed by atoms with E-state index in [2.05, 4.69) is 38.2 Å². The third-order valence-electron chi connectivity index (χ3n) is 19.7. The highest BCUT2D eigenvalue weighted by molar-refractivity contribution is 7.47. The van der Waals surface area contributed by atoms with E-state index in [4.69, 9.17) is 18.5 Å². The molecule has 2 unspecified atom stereocenters. The van der Waals surface area contributed by atoms with Gasteiger partial charge in [0.25, 0.3) is 0 Å². The van der Waals surface area contributed by atoms with Crippen molar-refractivity contribution < 1.29 is 42.1 Å². The molecular weight excluding hydrogens is 1190 g/mol. The summed E-state index contributed by atoms with van der Waals surface area (Å²) in [7, 11) is 1.51. The quantitative estimate of drug-likeness (QED) is 0.0211. The monoisotopic (exact) mass is 1360 g/mol. The molecule has 0 aromatic heterocycles. The molecule has 0 radical (unpaired) electrons. The highest BCUT2D eigenvalue weighted by atomic mass is 31.2. The van der Waals surface area contributed by atoms with Gasteiger partial charge in [0.05, 0.1) is 27.7 Å². The molecule has 0 aliphatic carbocycles. The lowest BCUT2D eigenvalue weighted by Gasteiger charge is -2.24. The summed E-state index contributed by atoms with van der Waals surface area (Å²) in [6.45, 7) is 4.52. The number of carbonyl (C=O) groups is 2. The zero-order valence-corrected chi connectivity index (χ0v) is 65.6. The van der Waals surface area contributed by atoms with Crippen LogP contribution in [0.2, 0.25) is 0 Å². The Morgan fingerprint density at radius 2 is 0.568 bits per heavy atom. The van der Waals surface area contributed by atoms with Gasteiger partial charge in [-0.15, -0.1) is 0 Å². The number of hydrogen-bond acceptors (Lipinski definition) is 7. The van der Waals surface area contributed by atoms with E-state index in [0.717, 1.165) is 44.9 Å². The molecule has 0 aliphatic heterocycles. The number of carbonyl (C=O) groups excluding carboxylic acids is 2. The predicted molar refractivity (Wildman–Crippen MR) is 414 cm³/mol. The van der Waals surface area contributed by atoms with Crippen molar-refractivity contribution >= 4 is 19.8 Å². The lowest BCUT2D eigenvalue weighted by molar-refractivity contribution is -0.870. The Bertz CT molecular complexity index is 1650. The lowest BCUT2D eigenvalue weighted by Crippen LogP contribution is -2.37. The fourth-order valence-electron chi connectivity index (χ4n) is 13.2. The minimum atomic E-state index is -4.39. The van der Waals surface area contributed by atoms with Gasteiger partial charge in [0, 0.05) is 12.8 Å². The van der Waals surface area contributed by atoms with Crippen LogP contribution >= 0.6 is 7.82 Å². The second kappa shape index (κ2) is 76.7. The number of nitrogens with zero attached hydrogens (tertiary/aromatic N) is 1. The number of phosphoric acid groups is 1. The van der Waals surface area contributed by atoms with Crippen LogP contribution in [0.4, 0.5) is 0 Å². The molecule has 0 rings (SSSR count). The van der Waals surface area contributed by atoms with Crippen molar-refractivity contribution in [2.75, 3.05) is 47.5 Å². The summed E-state index contributed by atoms with van der Waals surface area (Å²) in [6, 6.07) is 0. The Morgan fingerprint density at radius 3 is 0.832 bits per heavy atom. The number of allylic oxidation sites excluding steroid dienone is 4. The number of likely N-dealkylation sites (N-methyl/N-ethyl adjacent to an activating group) is 1. The molecule has 0 aromatic carbocycles. The zero-order valence-electron chi connectivity index (χ0n) is 64.7. The molecule has 10 heteroatoms. The number of phosphoric ester groups is 1. The Morgan fingerprint density at radius 1 is 0.326 bits per heavy atom. The molecule has 0 fully saturated rings. The first-order valence-corrected chi connectivity index (χ1v) is 44.1. The van der Waals surface area contributed by atoms with Crippen molar-refractivity contribution in [3.05, 3.63) is 24.3 Å². The molecule has 9 nitrogen and oxygen atoms in total. The maximum atomic E-state index is 12.9. The van der Waals surface area contributed by atoms with Crippen molar-refractivity contribution in [3.63, 3.8) is 0 Å². The summed E-state index contributed by atoms with van der Waals surface area (Å²) >= 11 is 0. The van der Waals surface area contributed by atoms with E-state index in [1.807, 2.05) is 21.1 Å². The molecule has 1 N–H and O–H groups in total. The maximum absolute atomic E-state index is 12.9. The first-order chi connectivity index (χ1) is 46.5. The summed E-state index contributed by atoms with van der Waals surface area (Å²) in [5, 5.41) is 0. The summed E-state index contributed by atoms with van der Waals surface area (Å²) in [4.78, 5) is 36.0. The zero-order chi connectivity index (χ0) is 69.0. The highest BCUT2D eigenvalue weighted by Gasteiger charge is 2.27. The molecule has 0 saturated heterocycles. The number of rotatable bonds is 81. The Hall–Kier alpha value is -1.51. The molecule has 564 valence electrons. The van der Waals surface area contributed by atoms with Crippen LogP contribution in [0.25, 0.3) is 0 Å². The molecule has 0 amide bonds. The van der Waals surface area contributed by atoms with E-state index in [1.54, 1.807) is 0 Å². The van der Waals surface area contributed by atoms with E-state index < -0.39 is 26.5 Å². The van der Waals surface area contributed by atoms with Gasteiger partial charge in [-0.1, -0.05) is 423 Å². The normalized spacial score (nSPS) is 13.0. The minimum Gasteiger partial charge on any atom is -0.462 e. The number of esters is 2. The second-order valence-corrected chi connectivity index (χ2v) is 32.0. The van der Waals surface area contributed by atoms with Gasteiger partial charge < -0.3 is 18.9 Å². The van der Waals surface area contributed by atoms with Gasteiger partial charge in [-0.3, -0.25) is 18.6 Å². The fraction of sp³-hybridized carbons (Fsp3) is 0.929. The van der Waals surface area contributed by atoms with Crippen LogP contribution in [-0.4, -0.2) is 74.9 Å². The number of ether oxygens (including phenoxy) is 2. The van der Waals surface area contributed by atoms with Crippen LogP contribution in [0.3, 0.4) is 0 Å². The van der Waals surface area contributed by atoms with E-state index in [1.165, 1.54) is 385 Å². The van der Waals surface area contributed by atoms with Crippen LogP contribution in [0.5, 0.6) is 0 Å². The van der Waals surface area contributed by atoms with Crippen LogP contribution in [0, 0.1) is 0 Å². The van der Waals surface area contributed by atoms with Crippen molar-refractivity contribution in [1.82, 2.24) is 0 Å². The summed E-state index contributed by atoms with van der Waals surface area (Å²) in [5.41, 5.74) is 0. The standard InChI is InChI=1S/C85H166NO8P/c1-6-8-10-12-14-16-18-20-22-24-26-28-30-32-34-36-38-39-40-41-42-43-44-45-46-47-48-50-52-54-56-58-60-62-64-66-68-70-72-74-76-78-85(88)94-83(82-93-95(89,90)92-80-79-86(3,4)5)81-91-84(87)77-75-73-71-69-67-65-63-61-59-57-55-53-51-49-37-35-33-31-29-27-25-23-21-19-17-15-13-11-9-7-2/h18,20,24,26,83H,6-17,19,21-23,25,27-82H2,1-5H3/p+1/b20-18-,26-24-. The molecular formula is C85H167NO8P+. The minimum absolute atomic E-state index is 0.0368. The number of unbranched alkanes of at least 4 members (excludes halogenated alkanes) is 63. The highest BCUT2D eigenvalue weighted by Crippen LogP contribution is 2.43. The summed E-state index contributed by atoms with van der Waals surface area (Å²) in [6.07, 6.45) is 99.3. The van der Waals surface area contributed by atoms with Gasteiger partial charge >= 0.3 is 19.8 Å². The van der Waals surface area contributed by atoms with Crippen LogP contribution in [0.15, 0.2) is 24.3 Å². The van der Waals surface area contributed by atoms with Crippen molar-refractivity contribution in [1.29, 1.82) is 0 Å². The third-order valence-corrected chi connectivity index (χ3v) is 20.7. The van der Waals surface area contributed by atoms with Gasteiger partial charge in [0.15, 0.2) is 6.10 Å². The van der Waals surface area contributed by atoms with E-state index in [9.17, 15) is 19.0 Å². The lowest BCUT2D eigenvalue weighted by atomic mass is 10.0. The summed E-state index contributed by atoms with van der Waals surface area (Å²) in [5.74, 6) is -0.766. The van der Waals surface area contributed by atoms with Crippen LogP contribution in [-0.2, 0) is 32.7 Å². The van der Waals surface area contributed by atoms with E-state index in [0.29, 0.717) is 17.4 Å². The molecule has 95 heavy (non-hydrogen) atoms. The van der Waals surface area contributed by atoms with Gasteiger partial charge in [0.1, 0.15) is 19.8 Å². The smallest absolute Gasteiger partial charge is 0.462 e. The van der Waals surface area contributed by atoms with Crippen molar-refractivity contribution in [2.24, 2.45) is 0 Å². The van der Waals surface area contributed by atoms with E-state index in [-0.39, 0.29) is 25.6 Å². The maximum Gasteiger partial charge on any atom is 0.472 e. The molecule has 0 aromatic rings. The Balaban J connectivity index is 3.84. The molecule has 0 saturated carbocycles. The first kappa shape index (κ1) is 93.5. The van der Waals surface area contributed by atoms with Gasteiger partial charge in [-0.2, -0.15) is 0 Å². The second-order valence-electron chi connectivity index (χ2n) is 30.6. The first-order valence-electron chi connectivity index (χ1n) is 42.6. The predicted octanol–water partition coefficient (Wildman–Crippen LogP) is 28.4. The van der Waals surface area contributed by atoms with E-state index >= 15 is 0 Å². The van der Waals surface area contributed by atoms with Crippen LogP contribution < -0.4 is 0 Å². The summed E-state index contributed by atoms with van der Waals surface area (Å²) < 4.78 is 34.9. The molecule has 0 aliphatic rings. The largest absolute Gasteiger partial charge is 0.472 e. The van der Waals surface area contributed by atoms with Gasteiger partial charge in [0.2, 0.25) is 0 Å². The van der Waals surface area contributed by atoms with Crippen LogP contribution in [0.1, 0.15) is 457 Å². The average molecular weight is 1360 g/mol. The van der Waals surface area contributed by atoms with Crippen molar-refractivity contribution in [2.45, 2.75) is 463 Å². The fourth-order valence-corrected chi connectivity index (χ4v) is 14.0. The topological polar surface area (TPSA) is 108 Å². The van der Waals surface area contributed by atoms with Gasteiger partial charge in [-0.05, 0) is 44.9 Å². The molecule has 2 atom stereocenters. The number of hydrogen-bond donors (Lipinski definition) is 1. The third kappa shape index (κ3) is 81.3. The van der Waals surface area contributed by atoms with Gasteiger partial charge in [-0.25, -0.2) is 4.57 Å². The molecule has 0 spiro atoms. The van der Waals surface area contributed by atoms with Crippen molar-refractivity contribution in [3.8, 4) is 0 Å². The Kier molecular flexibility index (Phi) is 75.4. The molecule has 0 bridgehead atoms. The number of quaternary nitrogens is 1. The average Bonchev–Trinajstić information content (AvgIpc) is 1.81.